The molecule has 5 heteroatoms. The van der Waals surface area contributed by atoms with Crippen LogP contribution in [0.5, 0.6) is 0 Å². The summed E-state index contributed by atoms with van der Waals surface area (Å²) >= 11 is 5.81. The summed E-state index contributed by atoms with van der Waals surface area (Å²) < 4.78 is 0. The van der Waals surface area contributed by atoms with Crippen molar-refractivity contribution in [1.82, 2.24) is 9.97 Å². The fraction of sp³-hybridized carbons (Fsp3) is 0.636. The number of nitrogen functional groups attached to an aromatic ring is 1. The van der Waals surface area contributed by atoms with E-state index in [2.05, 4.69) is 36.1 Å². The molecule has 16 heavy (non-hydrogen) atoms. The Hall–Kier alpha value is -1.03. The zero-order chi connectivity index (χ0) is 12.1. The Labute approximate surface area is 102 Å². The topological polar surface area (TPSA) is 63.8 Å². The molecule has 0 amide bonds. The van der Waals surface area contributed by atoms with Crippen LogP contribution in [0.3, 0.4) is 0 Å². The lowest BCUT2D eigenvalue weighted by molar-refractivity contribution is 0.483. The summed E-state index contributed by atoms with van der Waals surface area (Å²) in [6.45, 7) is 6.53. The standard InChI is InChI=1S/C11H19ClN4/c1-4-7(2)5-8(3)16-11-9(13)10(12)14-6-15-11/h6-8H,4-5,13H2,1-3H3,(H,14,15,16). The Bertz CT molecular complexity index is 343. The molecule has 1 aromatic heterocycles. The highest BCUT2D eigenvalue weighted by Gasteiger charge is 2.11. The number of halogens is 1. The van der Waals surface area contributed by atoms with Gasteiger partial charge in [-0.05, 0) is 19.3 Å². The normalized spacial score (nSPS) is 14.5. The van der Waals surface area contributed by atoms with E-state index in [0.29, 0.717) is 28.6 Å². The first-order valence-electron chi connectivity index (χ1n) is 5.57. The van der Waals surface area contributed by atoms with E-state index in [1.807, 2.05) is 0 Å². The van der Waals surface area contributed by atoms with Gasteiger partial charge in [0, 0.05) is 6.04 Å². The van der Waals surface area contributed by atoms with E-state index < -0.39 is 0 Å². The minimum atomic E-state index is 0.299. The van der Waals surface area contributed by atoms with E-state index >= 15 is 0 Å². The van der Waals surface area contributed by atoms with Gasteiger partial charge in [-0.2, -0.15) is 0 Å². The maximum absolute atomic E-state index is 5.81. The molecular formula is C11H19ClN4. The zero-order valence-electron chi connectivity index (χ0n) is 10.00. The molecule has 1 heterocycles. The summed E-state index contributed by atoms with van der Waals surface area (Å²) in [4.78, 5) is 7.89. The number of nitrogens with one attached hydrogen (secondary N) is 1. The molecule has 90 valence electrons. The van der Waals surface area contributed by atoms with Crippen molar-refractivity contribution in [3.8, 4) is 0 Å². The van der Waals surface area contributed by atoms with Crippen molar-refractivity contribution >= 4 is 23.1 Å². The van der Waals surface area contributed by atoms with Gasteiger partial charge in [0.1, 0.15) is 12.0 Å². The third-order valence-electron chi connectivity index (χ3n) is 2.67. The molecule has 1 rings (SSSR count). The molecule has 0 aromatic carbocycles. The Kier molecular flexibility index (Phi) is 4.80. The first-order chi connectivity index (χ1) is 7.54. The summed E-state index contributed by atoms with van der Waals surface area (Å²) in [7, 11) is 0. The number of hydrogen-bond acceptors (Lipinski definition) is 4. The van der Waals surface area contributed by atoms with Gasteiger partial charge in [0.15, 0.2) is 11.0 Å². The molecule has 3 N–H and O–H groups in total. The van der Waals surface area contributed by atoms with Gasteiger partial charge in [-0.3, -0.25) is 0 Å². The number of rotatable bonds is 5. The fourth-order valence-electron chi connectivity index (χ4n) is 1.55. The molecule has 1 aromatic rings. The highest BCUT2D eigenvalue weighted by molar-refractivity contribution is 6.32. The molecule has 2 unspecified atom stereocenters. The number of aromatic nitrogens is 2. The molecule has 4 nitrogen and oxygen atoms in total. The molecule has 0 saturated carbocycles. The van der Waals surface area contributed by atoms with Crippen LogP contribution in [0.4, 0.5) is 11.5 Å². The number of nitrogens with two attached hydrogens (primary N) is 1. The summed E-state index contributed by atoms with van der Waals surface area (Å²) in [5.41, 5.74) is 6.19. The van der Waals surface area contributed by atoms with Gasteiger partial charge in [-0.15, -0.1) is 0 Å². The van der Waals surface area contributed by atoms with E-state index in [-0.39, 0.29) is 0 Å². The van der Waals surface area contributed by atoms with E-state index in [4.69, 9.17) is 17.3 Å². The van der Waals surface area contributed by atoms with Crippen LogP contribution in [0, 0.1) is 5.92 Å². The molecule has 0 aliphatic heterocycles. The Morgan fingerprint density at radius 1 is 1.44 bits per heavy atom. The smallest absolute Gasteiger partial charge is 0.157 e. The maximum Gasteiger partial charge on any atom is 0.157 e. The lowest BCUT2D eigenvalue weighted by Gasteiger charge is -2.18. The summed E-state index contributed by atoms with van der Waals surface area (Å²) in [5, 5.41) is 3.55. The third kappa shape index (κ3) is 3.52. The van der Waals surface area contributed by atoms with Crippen molar-refractivity contribution in [2.45, 2.75) is 39.7 Å². The van der Waals surface area contributed by atoms with Crippen molar-refractivity contribution in [3.63, 3.8) is 0 Å². The molecule has 0 aliphatic rings. The monoisotopic (exact) mass is 242 g/mol. The summed E-state index contributed by atoms with van der Waals surface area (Å²) in [5.74, 6) is 1.30. The molecule has 0 saturated heterocycles. The lowest BCUT2D eigenvalue weighted by atomic mass is 10.0. The molecule has 2 atom stereocenters. The Morgan fingerprint density at radius 2 is 2.12 bits per heavy atom. The predicted molar refractivity (Wildman–Crippen MR) is 68.6 cm³/mol. The zero-order valence-corrected chi connectivity index (χ0v) is 10.8. The molecular weight excluding hydrogens is 224 g/mol. The van der Waals surface area contributed by atoms with Crippen molar-refractivity contribution in [2.24, 2.45) is 5.92 Å². The number of anilines is 2. The van der Waals surface area contributed by atoms with Crippen molar-refractivity contribution in [2.75, 3.05) is 11.1 Å². The summed E-state index contributed by atoms with van der Waals surface area (Å²) in [6.07, 6.45) is 3.67. The van der Waals surface area contributed by atoms with E-state index in [9.17, 15) is 0 Å². The van der Waals surface area contributed by atoms with Crippen molar-refractivity contribution in [3.05, 3.63) is 11.5 Å². The number of hydrogen-bond donors (Lipinski definition) is 2. The second kappa shape index (κ2) is 5.89. The average Bonchev–Trinajstić information content (AvgIpc) is 2.24. The van der Waals surface area contributed by atoms with E-state index in [1.54, 1.807) is 0 Å². The number of nitrogens with zero attached hydrogens (tertiary/aromatic N) is 2. The third-order valence-corrected chi connectivity index (χ3v) is 2.97. The van der Waals surface area contributed by atoms with Gasteiger partial charge >= 0.3 is 0 Å². The predicted octanol–water partition coefficient (Wildman–Crippen LogP) is 2.95. The minimum absolute atomic E-state index is 0.299. The second-order valence-electron chi connectivity index (χ2n) is 4.22. The van der Waals surface area contributed by atoms with Crippen LogP contribution < -0.4 is 11.1 Å². The first kappa shape index (κ1) is 13.0. The highest BCUT2D eigenvalue weighted by atomic mass is 35.5. The van der Waals surface area contributed by atoms with Gasteiger partial charge in [0.25, 0.3) is 0 Å². The van der Waals surface area contributed by atoms with Crippen LogP contribution in [0.2, 0.25) is 5.15 Å². The average molecular weight is 243 g/mol. The van der Waals surface area contributed by atoms with Crippen LogP contribution in [-0.2, 0) is 0 Å². The molecule has 0 bridgehead atoms. The fourth-order valence-corrected chi connectivity index (χ4v) is 1.68. The van der Waals surface area contributed by atoms with Crippen molar-refractivity contribution < 1.29 is 0 Å². The second-order valence-corrected chi connectivity index (χ2v) is 4.58. The van der Waals surface area contributed by atoms with Crippen LogP contribution >= 0.6 is 11.6 Å². The van der Waals surface area contributed by atoms with Crippen LogP contribution in [0.15, 0.2) is 6.33 Å². The summed E-state index contributed by atoms with van der Waals surface area (Å²) in [6, 6.07) is 0.322. The molecule has 0 aliphatic carbocycles. The van der Waals surface area contributed by atoms with Crippen LogP contribution in [0.1, 0.15) is 33.6 Å². The Morgan fingerprint density at radius 3 is 2.75 bits per heavy atom. The molecule has 0 fully saturated rings. The van der Waals surface area contributed by atoms with Crippen LogP contribution in [-0.4, -0.2) is 16.0 Å². The van der Waals surface area contributed by atoms with E-state index in [1.165, 1.54) is 12.7 Å². The van der Waals surface area contributed by atoms with Gasteiger partial charge in [0.2, 0.25) is 0 Å². The Balaban J connectivity index is 2.62. The first-order valence-corrected chi connectivity index (χ1v) is 5.94. The highest BCUT2D eigenvalue weighted by Crippen LogP contribution is 2.23. The van der Waals surface area contributed by atoms with Crippen molar-refractivity contribution in [1.29, 1.82) is 0 Å². The molecule has 0 radical (unpaired) electrons. The van der Waals surface area contributed by atoms with Gasteiger partial charge in [-0.25, -0.2) is 9.97 Å². The SMILES string of the molecule is CCC(C)CC(C)Nc1ncnc(Cl)c1N. The van der Waals surface area contributed by atoms with Gasteiger partial charge < -0.3 is 11.1 Å². The molecule has 0 spiro atoms. The maximum atomic E-state index is 5.81. The van der Waals surface area contributed by atoms with Gasteiger partial charge in [0.05, 0.1) is 0 Å². The van der Waals surface area contributed by atoms with Crippen LogP contribution in [0.25, 0.3) is 0 Å². The largest absolute Gasteiger partial charge is 0.393 e. The lowest BCUT2D eigenvalue weighted by Crippen LogP contribution is -2.20. The van der Waals surface area contributed by atoms with Gasteiger partial charge in [-0.1, -0.05) is 31.9 Å². The minimum Gasteiger partial charge on any atom is -0.393 e. The van der Waals surface area contributed by atoms with E-state index in [0.717, 1.165) is 6.42 Å². The quantitative estimate of drug-likeness (QED) is 0.780.